The van der Waals surface area contributed by atoms with Gasteiger partial charge in [0.2, 0.25) is 0 Å². The number of para-hydroxylation sites is 1. The number of nitrogens with two attached hydrogens (primary N) is 1. The molecule has 3 rings (SSSR count). The summed E-state index contributed by atoms with van der Waals surface area (Å²) in [6.45, 7) is 5.28. The van der Waals surface area contributed by atoms with Crippen LogP contribution < -0.4 is 16.4 Å². The summed E-state index contributed by atoms with van der Waals surface area (Å²) in [5.74, 6) is 1.21. The van der Waals surface area contributed by atoms with E-state index >= 15 is 0 Å². The number of aryl methyl sites for hydroxylation is 1. The van der Waals surface area contributed by atoms with Gasteiger partial charge in [-0.2, -0.15) is 10.4 Å². The first-order valence-electron chi connectivity index (χ1n) is 11.7. The van der Waals surface area contributed by atoms with Crippen LogP contribution in [0.1, 0.15) is 49.8 Å². The van der Waals surface area contributed by atoms with Gasteiger partial charge in [-0.3, -0.25) is 4.99 Å². The molecule has 32 heavy (non-hydrogen) atoms. The maximum Gasteiger partial charge on any atom is 0.190 e. The van der Waals surface area contributed by atoms with Crippen molar-refractivity contribution in [1.82, 2.24) is 25.3 Å². The van der Waals surface area contributed by atoms with Gasteiger partial charge < -0.3 is 21.3 Å². The lowest BCUT2D eigenvalue weighted by Gasteiger charge is -2.20. The van der Waals surface area contributed by atoms with Crippen LogP contribution in [0.25, 0.3) is 5.69 Å². The van der Waals surface area contributed by atoms with Crippen molar-refractivity contribution in [1.29, 1.82) is 5.26 Å². The number of nitrogen functional groups attached to an aromatic ring is 1. The molecule has 4 N–H and O–H groups in total. The van der Waals surface area contributed by atoms with Gasteiger partial charge in [0, 0.05) is 20.1 Å². The topological polar surface area (TPSA) is 107 Å². The molecule has 0 radical (unpaired) electrons. The minimum atomic E-state index is 0.392. The molecule has 0 atom stereocenters. The second-order valence-corrected chi connectivity index (χ2v) is 8.20. The molecule has 8 nitrogen and oxygen atoms in total. The molecule has 0 aliphatic carbocycles. The summed E-state index contributed by atoms with van der Waals surface area (Å²) in [6.07, 6.45) is 8.03. The number of likely N-dealkylation sites (tertiary alicyclic amines) is 1. The van der Waals surface area contributed by atoms with Crippen LogP contribution in [0, 0.1) is 11.3 Å². The highest BCUT2D eigenvalue weighted by atomic mass is 15.3. The smallest absolute Gasteiger partial charge is 0.190 e. The summed E-state index contributed by atoms with van der Waals surface area (Å²) in [7, 11) is 1.79. The molecule has 0 saturated carbocycles. The zero-order valence-corrected chi connectivity index (χ0v) is 19.2. The Morgan fingerprint density at radius 2 is 1.78 bits per heavy atom. The third kappa shape index (κ3) is 6.72. The zero-order chi connectivity index (χ0) is 22.6. The van der Waals surface area contributed by atoms with Gasteiger partial charge in [0.1, 0.15) is 17.5 Å². The van der Waals surface area contributed by atoms with Crippen molar-refractivity contribution in [2.45, 2.75) is 44.9 Å². The van der Waals surface area contributed by atoms with Crippen LogP contribution in [0.3, 0.4) is 0 Å². The highest BCUT2D eigenvalue weighted by Crippen LogP contribution is 2.21. The number of guanidine groups is 1. The van der Waals surface area contributed by atoms with Gasteiger partial charge in [-0.1, -0.05) is 31.0 Å². The minimum absolute atomic E-state index is 0.392. The van der Waals surface area contributed by atoms with Crippen molar-refractivity contribution in [3.63, 3.8) is 0 Å². The summed E-state index contributed by atoms with van der Waals surface area (Å²) in [5, 5.41) is 20.9. The van der Waals surface area contributed by atoms with Crippen molar-refractivity contribution in [3.05, 3.63) is 41.6 Å². The number of rotatable bonds is 9. The molecule has 1 aromatic carbocycles. The summed E-state index contributed by atoms with van der Waals surface area (Å²) in [4.78, 5) is 6.89. The van der Waals surface area contributed by atoms with Gasteiger partial charge in [-0.15, -0.1) is 0 Å². The lowest BCUT2D eigenvalue weighted by atomic mass is 10.1. The number of nitrogens with one attached hydrogen (secondary N) is 2. The molecule has 0 bridgehead atoms. The van der Waals surface area contributed by atoms with Crippen LogP contribution >= 0.6 is 0 Å². The fourth-order valence-electron chi connectivity index (χ4n) is 4.09. The monoisotopic (exact) mass is 436 g/mol. The number of benzene rings is 1. The van der Waals surface area contributed by atoms with Crippen LogP contribution in [-0.2, 0) is 6.42 Å². The molecule has 0 spiro atoms. The quantitative estimate of drug-likeness (QED) is 0.317. The van der Waals surface area contributed by atoms with Crippen LogP contribution in [-0.4, -0.2) is 60.4 Å². The van der Waals surface area contributed by atoms with Crippen molar-refractivity contribution in [3.8, 4) is 11.8 Å². The lowest BCUT2D eigenvalue weighted by Crippen LogP contribution is -2.39. The molecule has 1 aliphatic heterocycles. The number of aromatic nitrogens is 2. The molecule has 0 amide bonds. The predicted octanol–water partition coefficient (Wildman–Crippen LogP) is 2.69. The highest BCUT2D eigenvalue weighted by Gasteiger charge is 2.16. The van der Waals surface area contributed by atoms with Crippen LogP contribution in [0.5, 0.6) is 0 Å². The number of nitriles is 1. The average molecular weight is 437 g/mol. The average Bonchev–Trinajstić information content (AvgIpc) is 2.97. The van der Waals surface area contributed by atoms with Crippen molar-refractivity contribution < 1.29 is 0 Å². The van der Waals surface area contributed by atoms with Gasteiger partial charge in [-0.05, 0) is 63.9 Å². The Morgan fingerprint density at radius 3 is 2.44 bits per heavy atom. The molecular formula is C24H36N8. The molecule has 1 aliphatic rings. The summed E-state index contributed by atoms with van der Waals surface area (Å²) in [5.41, 5.74) is 8.23. The van der Waals surface area contributed by atoms with Gasteiger partial charge in [0.25, 0.3) is 0 Å². The Kier molecular flexibility index (Phi) is 9.38. The molecule has 2 heterocycles. The summed E-state index contributed by atoms with van der Waals surface area (Å²) < 4.78 is 1.64. The third-order valence-electron chi connectivity index (χ3n) is 5.85. The first-order chi connectivity index (χ1) is 15.7. The number of hydrogen-bond acceptors (Lipinski definition) is 5. The van der Waals surface area contributed by atoms with E-state index < -0.39 is 0 Å². The molecule has 172 valence electrons. The van der Waals surface area contributed by atoms with E-state index in [0.29, 0.717) is 17.8 Å². The maximum absolute atomic E-state index is 9.54. The fraction of sp³-hybridized carbons (Fsp3) is 0.542. The fourth-order valence-corrected chi connectivity index (χ4v) is 4.09. The molecular weight excluding hydrogens is 400 g/mol. The van der Waals surface area contributed by atoms with Gasteiger partial charge in [0.05, 0.1) is 11.4 Å². The SMILES string of the molecule is CN=C(NCCCc1nn(-c2ccccc2)c(N)c1C#N)NCCCN1CCCCCC1. The van der Waals surface area contributed by atoms with E-state index in [4.69, 9.17) is 5.73 Å². The minimum Gasteiger partial charge on any atom is -0.382 e. The van der Waals surface area contributed by atoms with E-state index in [0.717, 1.165) is 49.8 Å². The predicted molar refractivity (Wildman–Crippen MR) is 130 cm³/mol. The Hall–Kier alpha value is -3.05. The Morgan fingerprint density at radius 1 is 1.09 bits per heavy atom. The molecule has 1 aromatic heterocycles. The van der Waals surface area contributed by atoms with Gasteiger partial charge in [-0.25, -0.2) is 4.68 Å². The summed E-state index contributed by atoms with van der Waals surface area (Å²) in [6, 6.07) is 11.9. The maximum atomic E-state index is 9.54. The molecule has 1 fully saturated rings. The van der Waals surface area contributed by atoms with E-state index in [9.17, 15) is 5.26 Å². The van der Waals surface area contributed by atoms with E-state index in [2.05, 4.69) is 31.7 Å². The van der Waals surface area contributed by atoms with Crippen molar-refractivity contribution in [2.75, 3.05) is 45.5 Å². The van der Waals surface area contributed by atoms with Crippen molar-refractivity contribution in [2.24, 2.45) is 4.99 Å². The number of nitrogens with zero attached hydrogens (tertiary/aromatic N) is 5. The second kappa shape index (κ2) is 12.7. The van der Waals surface area contributed by atoms with E-state index in [1.54, 1.807) is 11.7 Å². The lowest BCUT2D eigenvalue weighted by molar-refractivity contribution is 0.282. The highest BCUT2D eigenvalue weighted by molar-refractivity contribution is 5.79. The van der Waals surface area contributed by atoms with E-state index in [1.165, 1.54) is 38.8 Å². The van der Waals surface area contributed by atoms with E-state index in [-0.39, 0.29) is 0 Å². The van der Waals surface area contributed by atoms with Crippen LogP contribution in [0.2, 0.25) is 0 Å². The third-order valence-corrected chi connectivity index (χ3v) is 5.85. The number of aliphatic imine (C=N–C) groups is 1. The summed E-state index contributed by atoms with van der Waals surface area (Å²) >= 11 is 0. The number of anilines is 1. The first-order valence-corrected chi connectivity index (χ1v) is 11.7. The Balaban J connectivity index is 1.40. The molecule has 0 unspecified atom stereocenters. The van der Waals surface area contributed by atoms with Crippen LogP contribution in [0.4, 0.5) is 5.82 Å². The Bertz CT molecular complexity index is 889. The zero-order valence-electron chi connectivity index (χ0n) is 19.2. The van der Waals surface area contributed by atoms with E-state index in [1.807, 2.05) is 30.3 Å². The largest absolute Gasteiger partial charge is 0.382 e. The molecule has 1 saturated heterocycles. The van der Waals surface area contributed by atoms with Gasteiger partial charge >= 0.3 is 0 Å². The van der Waals surface area contributed by atoms with Crippen LogP contribution in [0.15, 0.2) is 35.3 Å². The molecule has 2 aromatic rings. The molecule has 8 heteroatoms. The first kappa shape index (κ1) is 23.6. The second-order valence-electron chi connectivity index (χ2n) is 8.20. The normalized spacial score (nSPS) is 15.2. The van der Waals surface area contributed by atoms with Gasteiger partial charge in [0.15, 0.2) is 5.96 Å². The number of hydrogen-bond donors (Lipinski definition) is 3. The van der Waals surface area contributed by atoms with Crippen molar-refractivity contribution >= 4 is 11.8 Å². The Labute approximate surface area is 191 Å². The standard InChI is InChI=1S/C24H36N8/c1-27-24(29-15-10-18-31-16-7-2-3-8-17-31)28-14-9-13-22-21(19-25)23(26)32(30-22)20-11-5-4-6-12-20/h4-6,11-12H,2-3,7-10,13-18,26H2,1H3,(H2,27,28,29).